The van der Waals surface area contributed by atoms with Crippen molar-refractivity contribution in [1.29, 1.82) is 5.26 Å². The van der Waals surface area contributed by atoms with Crippen LogP contribution < -0.4 is 5.32 Å². The summed E-state index contributed by atoms with van der Waals surface area (Å²) in [6.45, 7) is 2.86. The summed E-state index contributed by atoms with van der Waals surface area (Å²) in [7, 11) is 0. The molecule has 0 aliphatic carbocycles. The second kappa shape index (κ2) is 5.96. The normalized spacial score (nSPS) is 13.2. The minimum Gasteiger partial charge on any atom is -0.481 e. The minimum absolute atomic E-state index is 0.0388. The van der Waals surface area contributed by atoms with E-state index >= 15 is 0 Å². The maximum atomic E-state index is 13.3. The molecule has 1 aromatic carbocycles. The Labute approximate surface area is 109 Å². The number of carbonyl (C=O) groups excluding carboxylic acids is 1. The number of amides is 1. The topological polar surface area (TPSA) is 90.2 Å². The van der Waals surface area contributed by atoms with Gasteiger partial charge in [-0.15, -0.1) is 0 Å². The van der Waals surface area contributed by atoms with E-state index < -0.39 is 29.5 Å². The summed E-state index contributed by atoms with van der Waals surface area (Å²) >= 11 is 0. The van der Waals surface area contributed by atoms with Crippen LogP contribution in [0.15, 0.2) is 18.2 Å². The summed E-state index contributed by atoms with van der Waals surface area (Å²) < 4.78 is 13.3. The largest absolute Gasteiger partial charge is 0.481 e. The van der Waals surface area contributed by atoms with Gasteiger partial charge in [-0.05, 0) is 12.1 Å². The number of carbonyl (C=O) groups is 2. The van der Waals surface area contributed by atoms with Crippen LogP contribution >= 0.6 is 0 Å². The van der Waals surface area contributed by atoms with Crippen molar-refractivity contribution < 1.29 is 19.1 Å². The molecule has 2 unspecified atom stereocenters. The SMILES string of the molecule is CC(C(=O)O)C(C)C(=O)Nc1cccc(F)c1C#N. The quantitative estimate of drug-likeness (QED) is 0.870. The van der Waals surface area contributed by atoms with E-state index in [1.165, 1.54) is 26.0 Å². The van der Waals surface area contributed by atoms with Gasteiger partial charge in [0.05, 0.1) is 11.6 Å². The number of nitrogens with one attached hydrogen (secondary N) is 1. The zero-order chi connectivity index (χ0) is 14.6. The number of hydrogen-bond donors (Lipinski definition) is 2. The maximum absolute atomic E-state index is 13.3. The Balaban J connectivity index is 2.92. The smallest absolute Gasteiger partial charge is 0.307 e. The van der Waals surface area contributed by atoms with Crippen molar-refractivity contribution in [3.63, 3.8) is 0 Å². The van der Waals surface area contributed by atoms with Gasteiger partial charge in [-0.25, -0.2) is 4.39 Å². The molecule has 0 heterocycles. The first kappa shape index (κ1) is 14.6. The Morgan fingerprint density at radius 2 is 2.00 bits per heavy atom. The zero-order valence-electron chi connectivity index (χ0n) is 10.5. The summed E-state index contributed by atoms with van der Waals surface area (Å²) in [5.74, 6) is -4.08. The molecule has 1 amide bonds. The van der Waals surface area contributed by atoms with Gasteiger partial charge in [0.15, 0.2) is 0 Å². The summed E-state index contributed by atoms with van der Waals surface area (Å²) in [5.41, 5.74) is -0.233. The summed E-state index contributed by atoms with van der Waals surface area (Å²) in [6.07, 6.45) is 0. The number of halogens is 1. The zero-order valence-corrected chi connectivity index (χ0v) is 10.5. The fourth-order valence-electron chi connectivity index (χ4n) is 1.43. The highest BCUT2D eigenvalue weighted by molar-refractivity contribution is 5.95. The second-order valence-corrected chi connectivity index (χ2v) is 4.18. The monoisotopic (exact) mass is 264 g/mol. The predicted octanol–water partition coefficient (Wildman–Crippen LogP) is 1.99. The highest BCUT2D eigenvalue weighted by Crippen LogP contribution is 2.20. The molecule has 2 atom stereocenters. The van der Waals surface area contributed by atoms with E-state index in [0.717, 1.165) is 6.07 Å². The number of nitrogens with zero attached hydrogens (tertiary/aromatic N) is 1. The molecular weight excluding hydrogens is 251 g/mol. The highest BCUT2D eigenvalue weighted by Gasteiger charge is 2.26. The molecule has 0 aromatic heterocycles. The standard InChI is InChI=1S/C13H13FN2O3/c1-7(8(2)13(18)19)12(17)16-11-5-3-4-10(14)9(11)6-15/h3-5,7-8H,1-2H3,(H,16,17)(H,18,19). The molecule has 0 aliphatic rings. The number of nitriles is 1. The van der Waals surface area contributed by atoms with Crippen LogP contribution in [0.25, 0.3) is 0 Å². The van der Waals surface area contributed by atoms with Crippen LogP contribution in [0.5, 0.6) is 0 Å². The third-order valence-corrected chi connectivity index (χ3v) is 2.94. The van der Waals surface area contributed by atoms with Crippen molar-refractivity contribution >= 4 is 17.6 Å². The Morgan fingerprint density at radius 1 is 1.37 bits per heavy atom. The highest BCUT2D eigenvalue weighted by atomic mass is 19.1. The van der Waals surface area contributed by atoms with Crippen molar-refractivity contribution in [1.82, 2.24) is 0 Å². The van der Waals surface area contributed by atoms with Gasteiger partial charge in [-0.3, -0.25) is 9.59 Å². The van der Waals surface area contributed by atoms with E-state index in [9.17, 15) is 14.0 Å². The lowest BCUT2D eigenvalue weighted by Crippen LogP contribution is -2.30. The van der Waals surface area contributed by atoms with Gasteiger partial charge < -0.3 is 10.4 Å². The Bertz CT molecular complexity index is 551. The molecule has 1 rings (SSSR count). The van der Waals surface area contributed by atoms with Gasteiger partial charge in [0, 0.05) is 5.92 Å². The van der Waals surface area contributed by atoms with Crippen LogP contribution in [0.3, 0.4) is 0 Å². The van der Waals surface area contributed by atoms with Crippen molar-refractivity contribution in [2.45, 2.75) is 13.8 Å². The fraction of sp³-hybridized carbons (Fsp3) is 0.308. The molecule has 19 heavy (non-hydrogen) atoms. The molecule has 0 fully saturated rings. The van der Waals surface area contributed by atoms with Crippen LogP contribution in [-0.2, 0) is 9.59 Å². The first-order chi connectivity index (χ1) is 8.88. The predicted molar refractivity (Wildman–Crippen MR) is 65.7 cm³/mol. The average molecular weight is 264 g/mol. The third-order valence-electron chi connectivity index (χ3n) is 2.94. The number of rotatable bonds is 4. The molecule has 0 spiro atoms. The van der Waals surface area contributed by atoms with Crippen LogP contribution in [0.1, 0.15) is 19.4 Å². The first-order valence-corrected chi connectivity index (χ1v) is 5.60. The molecule has 0 radical (unpaired) electrons. The van der Waals surface area contributed by atoms with E-state index in [0.29, 0.717) is 0 Å². The average Bonchev–Trinajstić information content (AvgIpc) is 2.37. The number of carboxylic acids is 1. The molecule has 5 nitrogen and oxygen atoms in total. The van der Waals surface area contributed by atoms with E-state index in [-0.39, 0.29) is 11.3 Å². The van der Waals surface area contributed by atoms with Crippen LogP contribution in [0.4, 0.5) is 10.1 Å². The van der Waals surface area contributed by atoms with Crippen LogP contribution in [-0.4, -0.2) is 17.0 Å². The van der Waals surface area contributed by atoms with Gasteiger partial charge in [0.25, 0.3) is 0 Å². The maximum Gasteiger partial charge on any atom is 0.307 e. The molecular formula is C13H13FN2O3. The van der Waals surface area contributed by atoms with Crippen molar-refractivity contribution in [3.05, 3.63) is 29.6 Å². The summed E-state index contributed by atoms with van der Waals surface area (Å²) in [6, 6.07) is 5.51. The molecule has 0 saturated carbocycles. The number of carboxylic acid groups (broad SMARTS) is 1. The van der Waals surface area contributed by atoms with Crippen molar-refractivity contribution in [3.8, 4) is 6.07 Å². The van der Waals surface area contributed by atoms with Gasteiger partial charge in [-0.1, -0.05) is 19.9 Å². The van der Waals surface area contributed by atoms with Crippen molar-refractivity contribution in [2.75, 3.05) is 5.32 Å². The molecule has 1 aromatic rings. The van der Waals surface area contributed by atoms with Gasteiger partial charge >= 0.3 is 5.97 Å². The van der Waals surface area contributed by atoms with Crippen molar-refractivity contribution in [2.24, 2.45) is 11.8 Å². The summed E-state index contributed by atoms with van der Waals surface area (Å²) in [4.78, 5) is 22.6. The minimum atomic E-state index is -1.10. The molecule has 0 saturated heterocycles. The third kappa shape index (κ3) is 3.28. The first-order valence-electron chi connectivity index (χ1n) is 5.60. The van der Waals surface area contributed by atoms with Gasteiger partial charge in [0.1, 0.15) is 17.4 Å². The Kier molecular flexibility index (Phi) is 4.59. The van der Waals surface area contributed by atoms with Crippen LogP contribution in [0.2, 0.25) is 0 Å². The molecule has 6 heteroatoms. The summed E-state index contributed by atoms with van der Waals surface area (Å²) in [5, 5.41) is 20.0. The van der Waals surface area contributed by atoms with E-state index in [1.807, 2.05) is 0 Å². The number of aliphatic carboxylic acids is 1. The van der Waals surface area contributed by atoms with E-state index in [1.54, 1.807) is 6.07 Å². The molecule has 2 N–H and O–H groups in total. The molecule has 0 aliphatic heterocycles. The Morgan fingerprint density at radius 3 is 2.53 bits per heavy atom. The lowest BCUT2D eigenvalue weighted by atomic mass is 9.95. The fourth-order valence-corrected chi connectivity index (χ4v) is 1.43. The Hall–Kier alpha value is -2.42. The molecule has 100 valence electrons. The van der Waals surface area contributed by atoms with E-state index in [4.69, 9.17) is 10.4 Å². The molecule has 0 bridgehead atoms. The number of anilines is 1. The van der Waals surface area contributed by atoms with E-state index in [2.05, 4.69) is 5.32 Å². The van der Waals surface area contributed by atoms with Gasteiger partial charge in [-0.2, -0.15) is 5.26 Å². The lowest BCUT2D eigenvalue weighted by molar-refractivity contribution is -0.145. The second-order valence-electron chi connectivity index (χ2n) is 4.18. The number of hydrogen-bond acceptors (Lipinski definition) is 3. The van der Waals surface area contributed by atoms with Gasteiger partial charge in [0.2, 0.25) is 5.91 Å². The van der Waals surface area contributed by atoms with Crippen LogP contribution in [0, 0.1) is 29.0 Å². The number of benzene rings is 1. The lowest BCUT2D eigenvalue weighted by Gasteiger charge is -2.16.